The van der Waals surface area contributed by atoms with Crippen molar-refractivity contribution in [1.82, 2.24) is 4.90 Å². The van der Waals surface area contributed by atoms with Gasteiger partial charge in [0.2, 0.25) is 0 Å². The average molecular weight is 268 g/mol. The first-order valence-corrected chi connectivity index (χ1v) is 7.50. The molecule has 0 radical (unpaired) electrons. The Labute approximate surface area is 114 Å². The SMILES string of the molecule is NC1(C(=O)O)CCCC(N2CCOC3CCCC32)C1. The molecule has 1 saturated heterocycles. The summed E-state index contributed by atoms with van der Waals surface area (Å²) in [5, 5.41) is 9.33. The Hall–Kier alpha value is -0.650. The number of nitrogens with two attached hydrogens (primary N) is 1. The van der Waals surface area contributed by atoms with Crippen LogP contribution in [0.4, 0.5) is 0 Å². The largest absolute Gasteiger partial charge is 0.480 e. The van der Waals surface area contributed by atoms with Crippen LogP contribution >= 0.6 is 0 Å². The summed E-state index contributed by atoms with van der Waals surface area (Å²) < 4.78 is 5.83. The molecule has 2 saturated carbocycles. The Morgan fingerprint density at radius 1 is 1.32 bits per heavy atom. The van der Waals surface area contributed by atoms with Gasteiger partial charge in [0.05, 0.1) is 12.7 Å². The number of carbonyl (C=O) groups is 1. The zero-order valence-electron chi connectivity index (χ0n) is 11.4. The smallest absolute Gasteiger partial charge is 0.323 e. The number of aliphatic carboxylic acids is 1. The van der Waals surface area contributed by atoms with Crippen LogP contribution in [0.3, 0.4) is 0 Å². The molecule has 108 valence electrons. The van der Waals surface area contributed by atoms with E-state index in [1.807, 2.05) is 0 Å². The summed E-state index contributed by atoms with van der Waals surface area (Å²) in [5.74, 6) is -0.839. The Morgan fingerprint density at radius 3 is 2.95 bits per heavy atom. The second kappa shape index (κ2) is 5.04. The Bertz CT molecular complexity index is 363. The molecule has 0 bridgehead atoms. The fraction of sp³-hybridized carbons (Fsp3) is 0.929. The standard InChI is InChI=1S/C14H24N2O3/c15-14(13(17)18)6-2-3-10(9-14)16-7-8-19-12-5-1-4-11(12)16/h10-12H,1-9,15H2,(H,17,18). The highest BCUT2D eigenvalue weighted by Gasteiger charge is 2.45. The molecule has 5 nitrogen and oxygen atoms in total. The Morgan fingerprint density at radius 2 is 2.16 bits per heavy atom. The maximum atomic E-state index is 11.4. The number of rotatable bonds is 2. The summed E-state index contributed by atoms with van der Waals surface area (Å²) >= 11 is 0. The van der Waals surface area contributed by atoms with Crippen molar-refractivity contribution >= 4 is 5.97 Å². The molecule has 4 unspecified atom stereocenters. The van der Waals surface area contributed by atoms with Crippen LogP contribution in [-0.2, 0) is 9.53 Å². The topological polar surface area (TPSA) is 75.8 Å². The first-order chi connectivity index (χ1) is 9.10. The van der Waals surface area contributed by atoms with Crippen LogP contribution in [0.2, 0.25) is 0 Å². The fourth-order valence-electron chi connectivity index (χ4n) is 4.16. The molecule has 3 aliphatic rings. The summed E-state index contributed by atoms with van der Waals surface area (Å²) in [5.41, 5.74) is 5.06. The highest BCUT2D eigenvalue weighted by atomic mass is 16.5. The normalized spacial score (nSPS) is 43.9. The van der Waals surface area contributed by atoms with Crippen LogP contribution in [0, 0.1) is 0 Å². The molecule has 19 heavy (non-hydrogen) atoms. The molecule has 2 aliphatic carbocycles. The molecule has 0 spiro atoms. The van der Waals surface area contributed by atoms with E-state index in [2.05, 4.69) is 4.90 Å². The van der Waals surface area contributed by atoms with Gasteiger partial charge in [-0.15, -0.1) is 0 Å². The molecule has 3 fully saturated rings. The lowest BCUT2D eigenvalue weighted by Crippen LogP contribution is -2.60. The molecule has 1 aliphatic heterocycles. The van der Waals surface area contributed by atoms with Crippen molar-refractivity contribution in [3.8, 4) is 0 Å². The van der Waals surface area contributed by atoms with Gasteiger partial charge in [0.1, 0.15) is 5.54 Å². The summed E-state index contributed by atoms with van der Waals surface area (Å²) in [6.07, 6.45) is 7.13. The van der Waals surface area contributed by atoms with E-state index in [0.717, 1.165) is 32.4 Å². The predicted molar refractivity (Wildman–Crippen MR) is 70.9 cm³/mol. The van der Waals surface area contributed by atoms with Gasteiger partial charge >= 0.3 is 5.97 Å². The van der Waals surface area contributed by atoms with Crippen molar-refractivity contribution in [1.29, 1.82) is 0 Å². The maximum absolute atomic E-state index is 11.4. The summed E-state index contributed by atoms with van der Waals surface area (Å²) in [7, 11) is 0. The molecule has 3 N–H and O–H groups in total. The highest BCUT2D eigenvalue weighted by Crippen LogP contribution is 2.36. The summed E-state index contributed by atoms with van der Waals surface area (Å²) in [6.45, 7) is 1.71. The second-order valence-corrected chi connectivity index (χ2v) is 6.36. The van der Waals surface area contributed by atoms with E-state index in [-0.39, 0.29) is 0 Å². The van der Waals surface area contributed by atoms with Gasteiger partial charge in [0.25, 0.3) is 0 Å². The van der Waals surface area contributed by atoms with Crippen LogP contribution in [0.25, 0.3) is 0 Å². The van der Waals surface area contributed by atoms with E-state index in [9.17, 15) is 9.90 Å². The Balaban J connectivity index is 1.72. The summed E-state index contributed by atoms with van der Waals surface area (Å²) in [6, 6.07) is 0.819. The Kier molecular flexibility index (Phi) is 3.53. The molecule has 3 rings (SSSR count). The van der Waals surface area contributed by atoms with Gasteiger partial charge in [-0.05, 0) is 44.9 Å². The molecule has 5 heteroatoms. The van der Waals surface area contributed by atoms with Gasteiger partial charge in [-0.3, -0.25) is 9.69 Å². The van der Waals surface area contributed by atoms with E-state index in [4.69, 9.17) is 10.5 Å². The van der Waals surface area contributed by atoms with Gasteiger partial charge in [0.15, 0.2) is 0 Å². The summed E-state index contributed by atoms with van der Waals surface area (Å²) in [4.78, 5) is 13.9. The van der Waals surface area contributed by atoms with Gasteiger partial charge in [-0.2, -0.15) is 0 Å². The van der Waals surface area contributed by atoms with E-state index in [1.165, 1.54) is 12.8 Å². The third kappa shape index (κ3) is 2.39. The number of morpholine rings is 1. The van der Waals surface area contributed by atoms with Crippen LogP contribution in [0.1, 0.15) is 44.9 Å². The molecule has 0 aromatic heterocycles. The zero-order chi connectivity index (χ0) is 13.5. The predicted octanol–water partition coefficient (Wildman–Crippen LogP) is 0.964. The van der Waals surface area contributed by atoms with Gasteiger partial charge < -0.3 is 15.6 Å². The lowest BCUT2D eigenvalue weighted by molar-refractivity contribution is -0.146. The average Bonchev–Trinajstić information content (AvgIpc) is 2.86. The quantitative estimate of drug-likeness (QED) is 0.780. The molecule has 4 atom stereocenters. The maximum Gasteiger partial charge on any atom is 0.323 e. The highest BCUT2D eigenvalue weighted by molar-refractivity contribution is 5.78. The van der Waals surface area contributed by atoms with Gasteiger partial charge in [-0.25, -0.2) is 0 Å². The first kappa shape index (κ1) is 13.3. The van der Waals surface area contributed by atoms with Crippen LogP contribution in [-0.4, -0.2) is 52.9 Å². The fourth-order valence-corrected chi connectivity index (χ4v) is 4.16. The number of hydrogen-bond donors (Lipinski definition) is 2. The van der Waals surface area contributed by atoms with Crippen LogP contribution in [0.5, 0.6) is 0 Å². The van der Waals surface area contributed by atoms with Crippen molar-refractivity contribution in [2.45, 2.75) is 68.7 Å². The van der Waals surface area contributed by atoms with Gasteiger partial charge in [0, 0.05) is 18.6 Å². The van der Waals surface area contributed by atoms with Crippen molar-refractivity contribution in [2.75, 3.05) is 13.2 Å². The molecular formula is C14H24N2O3. The van der Waals surface area contributed by atoms with E-state index < -0.39 is 11.5 Å². The number of nitrogens with zero attached hydrogens (tertiary/aromatic N) is 1. The number of hydrogen-bond acceptors (Lipinski definition) is 4. The zero-order valence-corrected chi connectivity index (χ0v) is 11.4. The number of carboxylic acid groups (broad SMARTS) is 1. The number of carboxylic acids is 1. The molecule has 0 aromatic carbocycles. The number of fused-ring (bicyclic) bond motifs is 1. The minimum atomic E-state index is -1.02. The van der Waals surface area contributed by atoms with Crippen LogP contribution < -0.4 is 5.73 Å². The first-order valence-electron chi connectivity index (χ1n) is 7.50. The third-order valence-electron chi connectivity index (χ3n) is 5.18. The van der Waals surface area contributed by atoms with E-state index >= 15 is 0 Å². The van der Waals surface area contributed by atoms with Gasteiger partial charge in [-0.1, -0.05) is 0 Å². The number of ether oxygens (including phenoxy) is 1. The molecule has 1 heterocycles. The van der Waals surface area contributed by atoms with Crippen molar-refractivity contribution < 1.29 is 14.6 Å². The van der Waals surface area contributed by atoms with Crippen molar-refractivity contribution in [3.63, 3.8) is 0 Å². The molecule has 0 amide bonds. The third-order valence-corrected chi connectivity index (χ3v) is 5.18. The second-order valence-electron chi connectivity index (χ2n) is 6.36. The van der Waals surface area contributed by atoms with Crippen molar-refractivity contribution in [3.05, 3.63) is 0 Å². The minimum Gasteiger partial charge on any atom is -0.480 e. The lowest BCUT2D eigenvalue weighted by Gasteiger charge is -2.46. The molecule has 0 aromatic rings. The van der Waals surface area contributed by atoms with Crippen molar-refractivity contribution in [2.24, 2.45) is 5.73 Å². The molecular weight excluding hydrogens is 244 g/mol. The van der Waals surface area contributed by atoms with E-state index in [1.54, 1.807) is 0 Å². The van der Waals surface area contributed by atoms with E-state index in [0.29, 0.717) is 31.0 Å². The monoisotopic (exact) mass is 268 g/mol. The van der Waals surface area contributed by atoms with Crippen LogP contribution in [0.15, 0.2) is 0 Å². The minimum absolute atomic E-state index is 0.323. The lowest BCUT2D eigenvalue weighted by atomic mass is 9.78.